The molecule has 0 saturated carbocycles. The second kappa shape index (κ2) is 9.64. The molecule has 8 heteroatoms. The van der Waals surface area contributed by atoms with Crippen molar-refractivity contribution in [2.45, 2.75) is 56.2 Å². The third-order valence-corrected chi connectivity index (χ3v) is 5.69. The SMILES string of the molecule is Cc1cccc2[nH]cc(S[C@H](CC(C)C)C(=O)NC(CCC(N)=O)C(=O)O)c12. The van der Waals surface area contributed by atoms with Gasteiger partial charge >= 0.3 is 5.97 Å². The Bertz CT molecular complexity index is 862. The van der Waals surface area contributed by atoms with E-state index in [0.717, 1.165) is 21.4 Å². The predicted molar refractivity (Wildman–Crippen MR) is 110 cm³/mol. The van der Waals surface area contributed by atoms with Gasteiger partial charge in [0.15, 0.2) is 0 Å². The Labute approximate surface area is 168 Å². The minimum Gasteiger partial charge on any atom is -0.480 e. The Morgan fingerprint density at radius 1 is 1.29 bits per heavy atom. The van der Waals surface area contributed by atoms with Crippen molar-refractivity contribution in [3.8, 4) is 0 Å². The van der Waals surface area contributed by atoms with Crippen molar-refractivity contribution in [1.82, 2.24) is 10.3 Å². The van der Waals surface area contributed by atoms with Crippen LogP contribution in [0.15, 0.2) is 29.3 Å². The molecule has 0 saturated heterocycles. The molecule has 152 valence electrons. The van der Waals surface area contributed by atoms with Crippen LogP contribution in [0.4, 0.5) is 0 Å². The molecule has 0 aliphatic carbocycles. The number of hydrogen-bond acceptors (Lipinski definition) is 4. The molecule has 1 unspecified atom stereocenters. The molecule has 0 radical (unpaired) electrons. The number of benzene rings is 1. The van der Waals surface area contributed by atoms with E-state index in [1.807, 2.05) is 45.2 Å². The number of nitrogens with one attached hydrogen (secondary N) is 2. The molecule has 28 heavy (non-hydrogen) atoms. The number of amides is 2. The zero-order valence-corrected chi connectivity index (χ0v) is 17.1. The maximum absolute atomic E-state index is 12.9. The fourth-order valence-electron chi connectivity index (χ4n) is 3.02. The van der Waals surface area contributed by atoms with E-state index in [2.05, 4.69) is 10.3 Å². The molecule has 2 rings (SSSR count). The quantitative estimate of drug-likeness (QED) is 0.452. The van der Waals surface area contributed by atoms with E-state index in [0.29, 0.717) is 6.42 Å². The summed E-state index contributed by atoms with van der Waals surface area (Å²) in [4.78, 5) is 39.5. The first-order valence-electron chi connectivity index (χ1n) is 9.23. The zero-order valence-electron chi connectivity index (χ0n) is 16.3. The van der Waals surface area contributed by atoms with Crippen LogP contribution in [0, 0.1) is 12.8 Å². The minimum atomic E-state index is -1.18. The monoisotopic (exact) mass is 405 g/mol. The van der Waals surface area contributed by atoms with Gasteiger partial charge in [-0.3, -0.25) is 9.59 Å². The maximum Gasteiger partial charge on any atom is 0.326 e. The van der Waals surface area contributed by atoms with Crippen LogP contribution in [0.2, 0.25) is 0 Å². The largest absolute Gasteiger partial charge is 0.480 e. The normalized spacial score (nSPS) is 13.4. The summed E-state index contributed by atoms with van der Waals surface area (Å²) >= 11 is 1.43. The first kappa shape index (κ1) is 21.8. The number of thioether (sulfide) groups is 1. The minimum absolute atomic E-state index is 0.0261. The number of aryl methyl sites for hydroxylation is 1. The highest BCUT2D eigenvalue weighted by atomic mass is 32.2. The van der Waals surface area contributed by atoms with E-state index in [-0.39, 0.29) is 24.7 Å². The average molecular weight is 406 g/mol. The van der Waals surface area contributed by atoms with Crippen LogP contribution in [0.3, 0.4) is 0 Å². The van der Waals surface area contributed by atoms with E-state index in [1.54, 1.807) is 0 Å². The summed E-state index contributed by atoms with van der Waals surface area (Å²) in [5, 5.41) is 12.5. The summed E-state index contributed by atoms with van der Waals surface area (Å²) in [5.74, 6) is -1.87. The third kappa shape index (κ3) is 5.76. The van der Waals surface area contributed by atoms with Gasteiger partial charge in [0.1, 0.15) is 6.04 Å². The lowest BCUT2D eigenvalue weighted by molar-refractivity contribution is -0.142. The summed E-state index contributed by atoms with van der Waals surface area (Å²) in [6.45, 7) is 6.05. The van der Waals surface area contributed by atoms with E-state index < -0.39 is 23.2 Å². The van der Waals surface area contributed by atoms with Gasteiger partial charge in [0, 0.05) is 28.4 Å². The van der Waals surface area contributed by atoms with Gasteiger partial charge in [0.2, 0.25) is 11.8 Å². The van der Waals surface area contributed by atoms with Crippen LogP contribution in [0.25, 0.3) is 10.9 Å². The van der Waals surface area contributed by atoms with Crippen molar-refractivity contribution in [3.63, 3.8) is 0 Å². The molecule has 2 aromatic rings. The Morgan fingerprint density at radius 3 is 2.61 bits per heavy atom. The molecule has 0 spiro atoms. The number of hydrogen-bond donors (Lipinski definition) is 4. The molecule has 5 N–H and O–H groups in total. The Kier molecular flexibility index (Phi) is 7.51. The molecular formula is C20H27N3O4S. The first-order chi connectivity index (χ1) is 13.2. The molecule has 7 nitrogen and oxygen atoms in total. The number of aromatic nitrogens is 1. The first-order valence-corrected chi connectivity index (χ1v) is 10.1. The van der Waals surface area contributed by atoms with Crippen molar-refractivity contribution in [1.29, 1.82) is 0 Å². The number of fused-ring (bicyclic) bond motifs is 1. The fraction of sp³-hybridized carbons (Fsp3) is 0.450. The van der Waals surface area contributed by atoms with Crippen LogP contribution in [0.1, 0.15) is 38.7 Å². The highest BCUT2D eigenvalue weighted by Crippen LogP contribution is 2.35. The predicted octanol–water partition coefficient (Wildman–Crippen LogP) is 2.82. The summed E-state index contributed by atoms with van der Waals surface area (Å²) in [6.07, 6.45) is 2.35. The van der Waals surface area contributed by atoms with Gasteiger partial charge in [-0.05, 0) is 37.3 Å². The molecule has 1 aromatic carbocycles. The van der Waals surface area contributed by atoms with Gasteiger partial charge in [0.05, 0.1) is 5.25 Å². The average Bonchev–Trinajstić information content (AvgIpc) is 3.01. The number of aliphatic carboxylic acids is 1. The van der Waals surface area contributed by atoms with Gasteiger partial charge in [-0.15, -0.1) is 11.8 Å². The Morgan fingerprint density at radius 2 is 2.00 bits per heavy atom. The number of H-pyrrole nitrogens is 1. The Hall–Kier alpha value is -2.48. The number of nitrogens with two attached hydrogens (primary N) is 1. The van der Waals surface area contributed by atoms with Crippen LogP contribution in [-0.2, 0) is 14.4 Å². The van der Waals surface area contributed by atoms with Crippen molar-refractivity contribution in [2.24, 2.45) is 11.7 Å². The van der Waals surface area contributed by atoms with Gasteiger partial charge in [-0.25, -0.2) is 4.79 Å². The molecule has 1 aromatic heterocycles. The molecule has 0 aliphatic heterocycles. The summed E-state index contributed by atoms with van der Waals surface area (Å²) in [6, 6.07) is 4.83. The van der Waals surface area contributed by atoms with Gasteiger partial charge in [0.25, 0.3) is 0 Å². The van der Waals surface area contributed by atoms with Crippen molar-refractivity contribution < 1.29 is 19.5 Å². The molecule has 1 heterocycles. The molecular weight excluding hydrogens is 378 g/mol. The number of primary amides is 1. The summed E-state index contributed by atoms with van der Waals surface area (Å²) in [5.41, 5.74) is 7.21. The summed E-state index contributed by atoms with van der Waals surface area (Å²) < 4.78 is 0. The summed E-state index contributed by atoms with van der Waals surface area (Å²) in [7, 11) is 0. The fourth-order valence-corrected chi connectivity index (χ4v) is 4.50. The van der Waals surface area contributed by atoms with Crippen molar-refractivity contribution in [3.05, 3.63) is 30.0 Å². The number of aromatic amines is 1. The topological polar surface area (TPSA) is 125 Å². The van der Waals surface area contributed by atoms with Crippen LogP contribution >= 0.6 is 11.8 Å². The smallest absolute Gasteiger partial charge is 0.326 e. The van der Waals surface area contributed by atoms with Crippen molar-refractivity contribution in [2.75, 3.05) is 0 Å². The van der Waals surface area contributed by atoms with Gasteiger partial charge < -0.3 is 21.1 Å². The van der Waals surface area contributed by atoms with Crippen molar-refractivity contribution >= 4 is 40.4 Å². The highest BCUT2D eigenvalue weighted by Gasteiger charge is 2.27. The van der Waals surface area contributed by atoms with Crippen LogP contribution < -0.4 is 11.1 Å². The maximum atomic E-state index is 12.9. The second-order valence-electron chi connectivity index (χ2n) is 7.29. The molecule has 0 aliphatic rings. The van der Waals surface area contributed by atoms with E-state index in [9.17, 15) is 19.5 Å². The van der Waals surface area contributed by atoms with Crippen LogP contribution in [0.5, 0.6) is 0 Å². The standard InChI is InChI=1S/C20H27N3O4S/c1-11(2)9-15(19(25)23-14(20(26)27)7-8-17(21)24)28-16-10-22-13-6-4-5-12(3)18(13)16/h4-6,10-11,14-15,22H,7-9H2,1-3H3,(H2,21,24)(H,23,25)(H,26,27)/t14?,15-/m1/s1. The van der Waals surface area contributed by atoms with E-state index >= 15 is 0 Å². The molecule has 0 fully saturated rings. The van der Waals surface area contributed by atoms with E-state index in [1.165, 1.54) is 11.8 Å². The molecule has 2 atom stereocenters. The van der Waals surface area contributed by atoms with Gasteiger partial charge in [-0.1, -0.05) is 26.0 Å². The zero-order chi connectivity index (χ0) is 20.8. The Balaban J connectivity index is 2.20. The lowest BCUT2D eigenvalue weighted by Crippen LogP contribution is -2.45. The lowest BCUT2D eigenvalue weighted by atomic mass is 10.1. The number of carbonyl (C=O) groups is 3. The van der Waals surface area contributed by atoms with E-state index in [4.69, 9.17) is 5.73 Å². The second-order valence-corrected chi connectivity index (χ2v) is 8.54. The number of carbonyl (C=O) groups excluding carboxylic acids is 2. The number of carboxylic acid groups (broad SMARTS) is 1. The number of carboxylic acids is 1. The van der Waals surface area contributed by atoms with Gasteiger partial charge in [-0.2, -0.15) is 0 Å². The highest BCUT2D eigenvalue weighted by molar-refractivity contribution is 8.00. The van der Waals surface area contributed by atoms with Crippen LogP contribution in [-0.4, -0.2) is 39.2 Å². The molecule has 2 amide bonds. The molecule has 0 bridgehead atoms. The number of rotatable bonds is 10. The lowest BCUT2D eigenvalue weighted by Gasteiger charge is -2.21. The third-order valence-electron chi connectivity index (χ3n) is 4.42.